The molecule has 0 aromatic heterocycles. The average Bonchev–Trinajstić information content (AvgIpc) is 3.22. The van der Waals surface area contributed by atoms with Gasteiger partial charge in [0.2, 0.25) is 5.91 Å². The monoisotopic (exact) mass is 325 g/mol. The van der Waals surface area contributed by atoms with Gasteiger partial charge in [0.25, 0.3) is 0 Å². The summed E-state index contributed by atoms with van der Waals surface area (Å²) in [5.41, 5.74) is 2.24. The number of amides is 1. The van der Waals surface area contributed by atoms with Crippen LogP contribution in [0.4, 0.5) is 0 Å². The van der Waals surface area contributed by atoms with E-state index in [0.717, 1.165) is 5.56 Å². The van der Waals surface area contributed by atoms with Gasteiger partial charge in [-0.15, -0.1) is 0 Å². The van der Waals surface area contributed by atoms with E-state index in [1.807, 2.05) is 36.4 Å². The quantitative estimate of drug-likeness (QED) is 0.646. The number of ether oxygens (including phenoxy) is 1. The molecule has 3 rings (SSSR count). The van der Waals surface area contributed by atoms with Gasteiger partial charge in [0.1, 0.15) is 6.04 Å². The van der Waals surface area contributed by atoms with Gasteiger partial charge in [-0.3, -0.25) is 4.79 Å². The van der Waals surface area contributed by atoms with Crippen molar-refractivity contribution in [2.24, 2.45) is 11.8 Å². The van der Waals surface area contributed by atoms with Crippen LogP contribution < -0.4 is 5.32 Å². The van der Waals surface area contributed by atoms with Crippen LogP contribution in [0, 0.1) is 11.8 Å². The lowest BCUT2D eigenvalue weighted by molar-refractivity contribution is -0.144. The zero-order chi connectivity index (χ0) is 16.9. The molecule has 24 heavy (non-hydrogen) atoms. The average molecular weight is 325 g/mol. The molecule has 1 N–H and O–H groups in total. The SMILES string of the molecule is COC(=O)C(Cc1ccccc1)NC(=O)/C=C/C1=CC2CCC1C2. The number of fused-ring (bicyclic) bond motifs is 2. The van der Waals surface area contributed by atoms with Crippen molar-refractivity contribution in [2.75, 3.05) is 7.11 Å². The summed E-state index contributed by atoms with van der Waals surface area (Å²) < 4.78 is 4.81. The van der Waals surface area contributed by atoms with Gasteiger partial charge >= 0.3 is 5.97 Å². The molecule has 1 saturated carbocycles. The number of carbonyl (C=O) groups is 2. The number of rotatable bonds is 6. The van der Waals surface area contributed by atoms with Crippen molar-refractivity contribution >= 4 is 11.9 Å². The molecule has 0 heterocycles. The Bertz CT molecular complexity index is 663. The van der Waals surface area contributed by atoms with Crippen molar-refractivity contribution in [2.45, 2.75) is 31.7 Å². The van der Waals surface area contributed by atoms with Gasteiger partial charge in [-0.1, -0.05) is 42.5 Å². The Balaban J connectivity index is 1.60. The summed E-state index contributed by atoms with van der Waals surface area (Å²) in [6.07, 6.45) is 9.85. The second kappa shape index (κ2) is 7.47. The van der Waals surface area contributed by atoms with E-state index in [1.165, 1.54) is 38.0 Å². The Hall–Kier alpha value is -2.36. The largest absolute Gasteiger partial charge is 0.467 e. The van der Waals surface area contributed by atoms with Gasteiger partial charge in [0.05, 0.1) is 7.11 Å². The zero-order valence-corrected chi connectivity index (χ0v) is 13.9. The van der Waals surface area contributed by atoms with Crippen molar-refractivity contribution < 1.29 is 14.3 Å². The number of carbonyl (C=O) groups excluding carboxylic acids is 2. The number of allylic oxidation sites excluding steroid dienone is 3. The summed E-state index contributed by atoms with van der Waals surface area (Å²) in [6, 6.07) is 8.92. The number of hydrogen-bond acceptors (Lipinski definition) is 3. The van der Waals surface area contributed by atoms with E-state index in [-0.39, 0.29) is 5.91 Å². The Kier molecular flexibility index (Phi) is 5.14. The summed E-state index contributed by atoms with van der Waals surface area (Å²) >= 11 is 0. The fraction of sp³-hybridized carbons (Fsp3) is 0.400. The summed E-state index contributed by atoms with van der Waals surface area (Å²) in [5.74, 6) is 0.614. The highest BCUT2D eigenvalue weighted by Crippen LogP contribution is 2.43. The maximum atomic E-state index is 12.2. The fourth-order valence-corrected chi connectivity index (χ4v) is 3.65. The van der Waals surface area contributed by atoms with Crippen LogP contribution in [-0.4, -0.2) is 25.0 Å². The van der Waals surface area contributed by atoms with Crippen molar-refractivity contribution in [3.05, 3.63) is 59.7 Å². The second-order valence-electron chi connectivity index (χ2n) is 6.54. The van der Waals surface area contributed by atoms with Crippen molar-refractivity contribution in [1.82, 2.24) is 5.32 Å². The molecule has 2 aliphatic rings. The summed E-state index contributed by atoms with van der Waals surface area (Å²) in [7, 11) is 1.34. The number of esters is 1. The molecule has 1 amide bonds. The molecule has 0 radical (unpaired) electrons. The molecular weight excluding hydrogens is 302 g/mol. The fourth-order valence-electron chi connectivity index (χ4n) is 3.65. The van der Waals surface area contributed by atoms with E-state index in [2.05, 4.69) is 11.4 Å². The summed E-state index contributed by atoms with van der Waals surface area (Å²) in [4.78, 5) is 24.1. The number of nitrogens with one attached hydrogen (secondary N) is 1. The van der Waals surface area contributed by atoms with E-state index in [1.54, 1.807) is 0 Å². The van der Waals surface area contributed by atoms with E-state index in [9.17, 15) is 9.59 Å². The smallest absolute Gasteiger partial charge is 0.328 e. The highest BCUT2D eigenvalue weighted by Gasteiger charge is 2.31. The number of benzene rings is 1. The summed E-state index contributed by atoms with van der Waals surface area (Å²) in [5, 5.41) is 2.76. The second-order valence-corrected chi connectivity index (χ2v) is 6.54. The molecule has 0 aliphatic heterocycles. The van der Waals surface area contributed by atoms with Crippen LogP contribution in [0.25, 0.3) is 0 Å². The first-order valence-corrected chi connectivity index (χ1v) is 8.47. The van der Waals surface area contributed by atoms with Gasteiger partial charge in [0.15, 0.2) is 0 Å². The first-order chi connectivity index (χ1) is 11.7. The van der Waals surface area contributed by atoms with E-state index < -0.39 is 12.0 Å². The predicted octanol–water partition coefficient (Wildman–Crippen LogP) is 2.80. The van der Waals surface area contributed by atoms with Crippen LogP contribution in [-0.2, 0) is 20.7 Å². The highest BCUT2D eigenvalue weighted by molar-refractivity contribution is 5.92. The lowest BCUT2D eigenvalue weighted by Gasteiger charge is -2.15. The Morgan fingerprint density at radius 3 is 2.71 bits per heavy atom. The molecule has 1 aromatic rings. The molecule has 1 aromatic carbocycles. The Labute approximate surface area is 142 Å². The normalized spacial score (nSPS) is 23.1. The van der Waals surface area contributed by atoms with Gasteiger partial charge in [-0.25, -0.2) is 4.79 Å². The highest BCUT2D eigenvalue weighted by atomic mass is 16.5. The lowest BCUT2D eigenvalue weighted by Crippen LogP contribution is -2.42. The standard InChI is InChI=1S/C20H23NO3/c1-24-20(23)18(13-14-5-3-2-4-6-14)21-19(22)10-9-17-12-15-7-8-16(17)11-15/h2-6,9-10,12,15-16,18H,7-8,11,13H2,1H3,(H,21,22)/b10-9+. The third-order valence-corrected chi connectivity index (χ3v) is 4.88. The first kappa shape index (κ1) is 16.5. The Morgan fingerprint density at radius 1 is 1.29 bits per heavy atom. The first-order valence-electron chi connectivity index (χ1n) is 8.47. The maximum Gasteiger partial charge on any atom is 0.328 e. The van der Waals surface area contributed by atoms with Crippen molar-refractivity contribution in [3.8, 4) is 0 Å². The molecule has 1 fully saturated rings. The molecule has 126 valence electrons. The number of hydrogen-bond donors (Lipinski definition) is 1. The van der Waals surface area contributed by atoms with Crippen LogP contribution in [0.2, 0.25) is 0 Å². The van der Waals surface area contributed by atoms with E-state index >= 15 is 0 Å². The minimum Gasteiger partial charge on any atom is -0.467 e. The van der Waals surface area contributed by atoms with Crippen LogP contribution >= 0.6 is 0 Å². The number of methoxy groups -OCH3 is 1. The van der Waals surface area contributed by atoms with Gasteiger partial charge < -0.3 is 10.1 Å². The maximum absolute atomic E-state index is 12.2. The molecule has 0 spiro atoms. The molecule has 2 aliphatic carbocycles. The van der Waals surface area contributed by atoms with Crippen molar-refractivity contribution in [3.63, 3.8) is 0 Å². The van der Waals surface area contributed by atoms with E-state index in [0.29, 0.717) is 18.3 Å². The molecule has 2 bridgehead atoms. The molecule has 3 unspecified atom stereocenters. The minimum atomic E-state index is -0.677. The molecule has 3 atom stereocenters. The minimum absolute atomic E-state index is 0.259. The molecular formula is C20H23NO3. The van der Waals surface area contributed by atoms with Crippen LogP contribution in [0.3, 0.4) is 0 Å². The molecule has 0 saturated heterocycles. The lowest BCUT2D eigenvalue weighted by atomic mass is 9.98. The van der Waals surface area contributed by atoms with Crippen LogP contribution in [0.5, 0.6) is 0 Å². The van der Waals surface area contributed by atoms with Gasteiger partial charge in [0, 0.05) is 12.5 Å². The zero-order valence-electron chi connectivity index (χ0n) is 13.9. The van der Waals surface area contributed by atoms with Gasteiger partial charge in [-0.2, -0.15) is 0 Å². The van der Waals surface area contributed by atoms with Gasteiger partial charge in [-0.05, 0) is 42.2 Å². The summed E-state index contributed by atoms with van der Waals surface area (Å²) in [6.45, 7) is 0. The topological polar surface area (TPSA) is 55.4 Å². The van der Waals surface area contributed by atoms with Crippen molar-refractivity contribution in [1.29, 1.82) is 0 Å². The van der Waals surface area contributed by atoms with Crippen LogP contribution in [0.15, 0.2) is 54.1 Å². The van der Waals surface area contributed by atoms with E-state index in [4.69, 9.17) is 4.74 Å². The molecule has 4 nitrogen and oxygen atoms in total. The third-order valence-electron chi connectivity index (χ3n) is 4.88. The third kappa shape index (κ3) is 3.94. The molecule has 4 heteroatoms. The van der Waals surface area contributed by atoms with Crippen LogP contribution in [0.1, 0.15) is 24.8 Å². The Morgan fingerprint density at radius 2 is 2.08 bits per heavy atom. The predicted molar refractivity (Wildman–Crippen MR) is 92.1 cm³/mol.